The fraction of sp³-hybridized carbons (Fsp3) is 0.350. The van der Waals surface area contributed by atoms with Crippen molar-refractivity contribution in [2.75, 3.05) is 20.8 Å². The highest BCUT2D eigenvalue weighted by atomic mass is 16.5. The predicted octanol–water partition coefficient (Wildman–Crippen LogP) is 2.09. The van der Waals surface area contributed by atoms with E-state index < -0.39 is 0 Å². The fourth-order valence-corrected chi connectivity index (χ4v) is 3.23. The SMILES string of the molecule is COc1ccc(C2NNCC2C(=O)NCc2ccccc2C)cc1OC. The molecule has 0 spiro atoms. The average Bonchev–Trinajstić information content (AvgIpc) is 3.16. The molecule has 138 valence electrons. The minimum Gasteiger partial charge on any atom is -0.493 e. The normalized spacial score (nSPS) is 19.2. The van der Waals surface area contributed by atoms with Gasteiger partial charge in [-0.3, -0.25) is 10.2 Å². The number of methoxy groups -OCH3 is 2. The van der Waals surface area contributed by atoms with Crippen molar-refractivity contribution in [2.24, 2.45) is 5.92 Å². The van der Waals surface area contributed by atoms with Crippen LogP contribution in [0.5, 0.6) is 11.5 Å². The van der Waals surface area contributed by atoms with Gasteiger partial charge in [-0.1, -0.05) is 30.3 Å². The summed E-state index contributed by atoms with van der Waals surface area (Å²) in [5, 5.41) is 3.06. The molecule has 2 aromatic rings. The standard InChI is InChI=1S/C20H25N3O3/c1-13-6-4-5-7-15(13)11-21-20(24)16-12-22-23-19(16)14-8-9-17(25-2)18(10-14)26-3/h4-10,16,19,22-23H,11-12H2,1-3H3,(H,21,24). The summed E-state index contributed by atoms with van der Waals surface area (Å²) in [7, 11) is 3.21. The zero-order chi connectivity index (χ0) is 18.5. The van der Waals surface area contributed by atoms with Crippen molar-refractivity contribution in [1.29, 1.82) is 0 Å². The summed E-state index contributed by atoms with van der Waals surface area (Å²) in [6.07, 6.45) is 0. The number of carbonyl (C=O) groups is 1. The largest absolute Gasteiger partial charge is 0.493 e. The van der Waals surface area contributed by atoms with Crippen LogP contribution in [-0.4, -0.2) is 26.7 Å². The maximum atomic E-state index is 12.7. The Labute approximate surface area is 153 Å². The molecule has 2 unspecified atom stereocenters. The summed E-state index contributed by atoms with van der Waals surface area (Å²) in [6.45, 7) is 3.14. The van der Waals surface area contributed by atoms with E-state index in [1.807, 2.05) is 49.4 Å². The second-order valence-corrected chi connectivity index (χ2v) is 6.37. The molecule has 2 aromatic carbocycles. The van der Waals surface area contributed by atoms with E-state index >= 15 is 0 Å². The molecule has 0 aromatic heterocycles. The minimum absolute atomic E-state index is 0.0190. The third-order valence-corrected chi connectivity index (χ3v) is 4.80. The second kappa shape index (κ2) is 8.21. The van der Waals surface area contributed by atoms with Gasteiger partial charge in [0.05, 0.1) is 26.2 Å². The molecule has 2 atom stereocenters. The number of amides is 1. The van der Waals surface area contributed by atoms with Crippen LogP contribution in [-0.2, 0) is 11.3 Å². The molecule has 6 nitrogen and oxygen atoms in total. The van der Waals surface area contributed by atoms with Crippen LogP contribution in [0.1, 0.15) is 22.7 Å². The Morgan fingerprint density at radius 2 is 1.92 bits per heavy atom. The van der Waals surface area contributed by atoms with E-state index in [1.165, 1.54) is 5.56 Å². The van der Waals surface area contributed by atoms with Gasteiger partial charge >= 0.3 is 0 Å². The summed E-state index contributed by atoms with van der Waals surface area (Å²) in [5.41, 5.74) is 9.57. The summed E-state index contributed by atoms with van der Waals surface area (Å²) >= 11 is 0. The van der Waals surface area contributed by atoms with Gasteiger partial charge in [0.2, 0.25) is 5.91 Å². The van der Waals surface area contributed by atoms with Crippen LogP contribution in [0.3, 0.4) is 0 Å². The van der Waals surface area contributed by atoms with Crippen molar-refractivity contribution < 1.29 is 14.3 Å². The Morgan fingerprint density at radius 1 is 1.15 bits per heavy atom. The van der Waals surface area contributed by atoms with Crippen LogP contribution in [0.15, 0.2) is 42.5 Å². The lowest BCUT2D eigenvalue weighted by molar-refractivity contribution is -0.125. The molecule has 3 N–H and O–H groups in total. The Balaban J connectivity index is 1.71. The van der Waals surface area contributed by atoms with Gasteiger partial charge in [-0.15, -0.1) is 0 Å². The van der Waals surface area contributed by atoms with E-state index in [2.05, 4.69) is 16.2 Å². The average molecular weight is 355 g/mol. The second-order valence-electron chi connectivity index (χ2n) is 6.37. The molecular formula is C20H25N3O3. The van der Waals surface area contributed by atoms with Gasteiger partial charge in [0, 0.05) is 13.1 Å². The molecule has 26 heavy (non-hydrogen) atoms. The number of ether oxygens (including phenoxy) is 2. The molecule has 0 aliphatic carbocycles. The molecule has 1 aliphatic rings. The van der Waals surface area contributed by atoms with Crippen LogP contribution in [0.25, 0.3) is 0 Å². The van der Waals surface area contributed by atoms with Gasteiger partial charge in [-0.2, -0.15) is 0 Å². The highest BCUT2D eigenvalue weighted by Gasteiger charge is 2.34. The first-order valence-corrected chi connectivity index (χ1v) is 8.66. The maximum Gasteiger partial charge on any atom is 0.226 e. The van der Waals surface area contributed by atoms with Crippen molar-refractivity contribution in [3.8, 4) is 11.5 Å². The third-order valence-electron chi connectivity index (χ3n) is 4.80. The summed E-state index contributed by atoms with van der Waals surface area (Å²) in [6, 6.07) is 13.7. The van der Waals surface area contributed by atoms with E-state index in [1.54, 1.807) is 14.2 Å². The highest BCUT2D eigenvalue weighted by molar-refractivity contribution is 5.80. The van der Waals surface area contributed by atoms with Gasteiger partial charge in [-0.05, 0) is 35.7 Å². The predicted molar refractivity (Wildman–Crippen MR) is 99.9 cm³/mol. The molecular weight excluding hydrogens is 330 g/mol. The van der Waals surface area contributed by atoms with E-state index in [-0.39, 0.29) is 17.9 Å². The van der Waals surface area contributed by atoms with Crippen LogP contribution >= 0.6 is 0 Å². The van der Waals surface area contributed by atoms with Gasteiger partial charge in [0.15, 0.2) is 11.5 Å². The van der Waals surface area contributed by atoms with Gasteiger partial charge in [0.1, 0.15) is 0 Å². The van der Waals surface area contributed by atoms with Crippen molar-refractivity contribution in [3.63, 3.8) is 0 Å². The zero-order valence-electron chi connectivity index (χ0n) is 15.3. The van der Waals surface area contributed by atoms with Gasteiger partial charge < -0.3 is 14.8 Å². The fourth-order valence-electron chi connectivity index (χ4n) is 3.23. The number of rotatable bonds is 6. The summed E-state index contributed by atoms with van der Waals surface area (Å²) in [5.74, 6) is 1.13. The molecule has 1 amide bonds. The number of nitrogens with one attached hydrogen (secondary N) is 3. The number of carbonyl (C=O) groups excluding carboxylic acids is 1. The molecule has 1 saturated heterocycles. The Hall–Kier alpha value is -2.57. The Morgan fingerprint density at radius 3 is 2.65 bits per heavy atom. The van der Waals surface area contributed by atoms with Gasteiger partial charge in [0.25, 0.3) is 0 Å². The van der Waals surface area contributed by atoms with E-state index in [0.29, 0.717) is 24.6 Å². The maximum absolute atomic E-state index is 12.7. The van der Waals surface area contributed by atoms with Crippen LogP contribution in [0.4, 0.5) is 0 Å². The smallest absolute Gasteiger partial charge is 0.226 e. The van der Waals surface area contributed by atoms with Crippen molar-refractivity contribution in [1.82, 2.24) is 16.2 Å². The molecule has 0 bridgehead atoms. The highest BCUT2D eigenvalue weighted by Crippen LogP contribution is 2.33. The molecule has 1 aliphatic heterocycles. The lowest BCUT2D eigenvalue weighted by atomic mass is 9.93. The number of hydrogen-bond acceptors (Lipinski definition) is 5. The van der Waals surface area contributed by atoms with Crippen LogP contribution < -0.4 is 25.6 Å². The van der Waals surface area contributed by atoms with Crippen molar-refractivity contribution >= 4 is 5.91 Å². The quantitative estimate of drug-likeness (QED) is 0.740. The third kappa shape index (κ3) is 3.81. The van der Waals surface area contributed by atoms with E-state index in [4.69, 9.17) is 9.47 Å². The number of hydrogen-bond donors (Lipinski definition) is 3. The Bertz CT molecular complexity index is 779. The molecule has 6 heteroatoms. The van der Waals surface area contributed by atoms with Crippen LogP contribution in [0, 0.1) is 12.8 Å². The zero-order valence-corrected chi connectivity index (χ0v) is 15.3. The Kier molecular flexibility index (Phi) is 5.75. The number of benzene rings is 2. The topological polar surface area (TPSA) is 71.6 Å². The number of aryl methyl sites for hydroxylation is 1. The first-order valence-electron chi connectivity index (χ1n) is 8.66. The molecule has 0 radical (unpaired) electrons. The molecule has 1 fully saturated rings. The summed E-state index contributed by atoms with van der Waals surface area (Å²) < 4.78 is 10.7. The minimum atomic E-state index is -0.211. The first-order chi connectivity index (χ1) is 12.6. The number of hydrazine groups is 1. The molecule has 0 saturated carbocycles. The molecule has 1 heterocycles. The van der Waals surface area contributed by atoms with E-state index in [0.717, 1.165) is 11.1 Å². The lowest BCUT2D eigenvalue weighted by Crippen LogP contribution is -2.34. The first kappa shape index (κ1) is 18.2. The monoisotopic (exact) mass is 355 g/mol. The summed E-state index contributed by atoms with van der Waals surface area (Å²) in [4.78, 5) is 12.7. The van der Waals surface area contributed by atoms with Gasteiger partial charge in [-0.25, -0.2) is 5.43 Å². The lowest BCUT2D eigenvalue weighted by Gasteiger charge is -2.20. The van der Waals surface area contributed by atoms with Crippen molar-refractivity contribution in [3.05, 3.63) is 59.2 Å². The molecule has 3 rings (SSSR count). The van der Waals surface area contributed by atoms with Crippen molar-refractivity contribution in [2.45, 2.75) is 19.5 Å². The van der Waals surface area contributed by atoms with E-state index in [9.17, 15) is 4.79 Å². The van der Waals surface area contributed by atoms with Crippen LogP contribution in [0.2, 0.25) is 0 Å².